The third-order valence-corrected chi connectivity index (χ3v) is 7.25. The summed E-state index contributed by atoms with van der Waals surface area (Å²) in [6.07, 6.45) is -10.8. The van der Waals surface area contributed by atoms with Crippen LogP contribution >= 0.6 is 6.72 Å². The summed E-state index contributed by atoms with van der Waals surface area (Å²) < 4.78 is 37.9. The Hall–Kier alpha value is -2.42. The molecule has 2 aromatic rings. The molecule has 0 aromatic carbocycles. The lowest BCUT2D eigenvalue weighted by molar-refractivity contribution is -0.0579. The normalized spacial score (nSPS) is 31.7. The zero-order chi connectivity index (χ0) is 27.1. The first-order valence-electron chi connectivity index (χ1n) is 10.6. The molecule has 4 heterocycles. The van der Waals surface area contributed by atoms with E-state index in [0.717, 1.165) is 33.7 Å². The number of H-pyrrole nitrogens is 2. The summed E-state index contributed by atoms with van der Waals surface area (Å²) in [5.74, 6) is 0. The average molecular weight is 603 g/mol. The van der Waals surface area contributed by atoms with Crippen LogP contribution in [0.25, 0.3) is 0 Å². The number of aromatic amines is 2. The van der Waals surface area contributed by atoms with Crippen molar-refractivity contribution >= 4 is 18.5 Å². The van der Waals surface area contributed by atoms with Gasteiger partial charge in [-0.1, -0.05) is 7.43 Å². The molecule has 0 saturated carbocycles. The predicted octanol–water partition coefficient (Wildman–Crippen LogP) is -2.44. The van der Waals surface area contributed by atoms with E-state index >= 15 is 4.39 Å². The van der Waals surface area contributed by atoms with Crippen LogP contribution in [0.2, 0.25) is 0 Å². The number of hydrogen-bond donors (Lipinski definition) is 7. The number of aliphatic hydroxyl groups is 3. The minimum absolute atomic E-state index is 0. The fourth-order valence-corrected chi connectivity index (χ4v) is 5.33. The highest BCUT2D eigenvalue weighted by Crippen LogP contribution is 2.49. The van der Waals surface area contributed by atoms with E-state index in [1.165, 1.54) is 0 Å². The van der Waals surface area contributed by atoms with Crippen molar-refractivity contribution in [3.63, 3.8) is 0 Å². The Kier molecular flexibility index (Phi) is 10.8. The quantitative estimate of drug-likeness (QED) is 0.155. The number of alkyl halides is 1. The lowest BCUT2D eigenvalue weighted by atomic mass is 10.1. The van der Waals surface area contributed by atoms with Crippen molar-refractivity contribution < 1.29 is 43.1 Å². The summed E-state index contributed by atoms with van der Waals surface area (Å²) in [6.45, 7) is -5.76. The maximum absolute atomic E-state index is 15.2. The van der Waals surface area contributed by atoms with Gasteiger partial charge in [0, 0.05) is 24.5 Å². The molecule has 2 saturated heterocycles. The van der Waals surface area contributed by atoms with Crippen LogP contribution in [0.4, 0.5) is 4.39 Å². The molecule has 0 bridgehead atoms. The number of rotatable bonds is 8. The topological polar surface area (TPSA) is 264 Å². The fourth-order valence-electron chi connectivity index (χ4n) is 3.89. The van der Waals surface area contributed by atoms with Gasteiger partial charge in [0.15, 0.2) is 18.6 Å². The third kappa shape index (κ3) is 6.84. The van der Waals surface area contributed by atoms with Gasteiger partial charge in [-0.05, 0) is 11.8 Å². The molecular formula is C19H30FN5O12PS+. The molecule has 10 N–H and O–H groups in total. The first-order valence-corrected chi connectivity index (χ1v) is 13.2. The summed E-state index contributed by atoms with van der Waals surface area (Å²) >= 11 is 4.90. The van der Waals surface area contributed by atoms with Gasteiger partial charge in [0.05, 0.1) is 13.2 Å². The fraction of sp³-hybridized carbons (Fsp3) is 0.579. The average Bonchev–Trinajstić information content (AvgIpc) is 3.28. The SMILES string of the molecule is C.O=c1ccn([C@@H]2O[C@H](COP(O)(=S)OC3[C@@H](CO)O[C@@H](n4ccc(=O)[nH]c4=O)[C@H]3F)C(O)[C@@H]2O)c(=O)[nH]1.[NH4+]. The Balaban J connectivity index is 0.00000267. The van der Waals surface area contributed by atoms with Crippen LogP contribution in [-0.4, -0.2) is 89.2 Å². The summed E-state index contributed by atoms with van der Waals surface area (Å²) in [7, 11) is 0. The van der Waals surface area contributed by atoms with Crippen molar-refractivity contribution in [2.24, 2.45) is 0 Å². The Bertz CT molecular complexity index is 1420. The minimum Gasteiger partial charge on any atom is -0.394 e. The highest BCUT2D eigenvalue weighted by Gasteiger charge is 2.50. The molecule has 0 amide bonds. The molecule has 2 aliphatic heterocycles. The number of aliphatic hydroxyl groups excluding tert-OH is 3. The Morgan fingerprint density at radius 1 is 0.974 bits per heavy atom. The van der Waals surface area contributed by atoms with Gasteiger partial charge in [-0.25, -0.2) is 14.0 Å². The molecule has 17 nitrogen and oxygen atoms in total. The van der Waals surface area contributed by atoms with Crippen molar-refractivity contribution in [1.29, 1.82) is 0 Å². The van der Waals surface area contributed by atoms with E-state index in [0.29, 0.717) is 0 Å². The predicted molar refractivity (Wildman–Crippen MR) is 135 cm³/mol. The summed E-state index contributed by atoms with van der Waals surface area (Å²) in [5, 5.41) is 30.1. The van der Waals surface area contributed by atoms with Gasteiger partial charge in [0.1, 0.15) is 30.5 Å². The summed E-state index contributed by atoms with van der Waals surface area (Å²) in [5.41, 5.74) is -3.32. The highest BCUT2D eigenvalue weighted by molar-refractivity contribution is 8.07. The van der Waals surface area contributed by atoms with Gasteiger partial charge in [-0.3, -0.25) is 33.2 Å². The molecule has 4 rings (SSSR count). The largest absolute Gasteiger partial charge is 0.394 e. The van der Waals surface area contributed by atoms with Crippen LogP contribution in [0.1, 0.15) is 19.9 Å². The molecule has 9 atom stereocenters. The molecular weight excluding hydrogens is 572 g/mol. The molecule has 3 unspecified atom stereocenters. The number of aromatic nitrogens is 4. The number of quaternary nitrogens is 1. The Morgan fingerprint density at radius 3 is 2.00 bits per heavy atom. The number of nitrogens with zero attached hydrogens (tertiary/aromatic N) is 2. The summed E-state index contributed by atoms with van der Waals surface area (Å²) in [6, 6.07) is 1.95. The van der Waals surface area contributed by atoms with Gasteiger partial charge in [0.2, 0.25) is 0 Å². The standard InChI is InChI=1S/C18H22FN4O12PS.CH4.H3N/c19-11-14(7(5-24)33-15(11)22-3-1-9(25)20-17(22)29)35-36(31,37)32-6-8-12(27)13(28)16(34-8)23-4-2-10(26)21-18(23)30;;/h1-4,7-8,11-16,24,27-28H,5-6H2,(H,31,37)(H,20,25,29)(H,21,26,30);1H4;1H3/p+1/t7-,8-,11+,12?,13+,14?,15-,16-,36?;;/m1../s1. The monoisotopic (exact) mass is 602 g/mol. The first kappa shape index (κ1) is 32.8. The molecule has 220 valence electrons. The molecule has 2 fully saturated rings. The van der Waals surface area contributed by atoms with Crippen molar-refractivity contribution in [3.8, 4) is 0 Å². The summed E-state index contributed by atoms with van der Waals surface area (Å²) in [4.78, 5) is 60.9. The molecule has 0 radical (unpaired) electrons. The van der Waals surface area contributed by atoms with Gasteiger partial charge >= 0.3 is 18.1 Å². The van der Waals surface area contributed by atoms with Crippen molar-refractivity contribution in [1.82, 2.24) is 25.3 Å². The molecule has 20 heteroatoms. The molecule has 2 aliphatic rings. The number of halogens is 1. The van der Waals surface area contributed by atoms with Crippen molar-refractivity contribution in [2.75, 3.05) is 13.2 Å². The molecule has 2 aromatic heterocycles. The lowest BCUT2D eigenvalue weighted by Gasteiger charge is -2.25. The van der Waals surface area contributed by atoms with Crippen LogP contribution in [-0.2, 0) is 30.3 Å². The maximum Gasteiger partial charge on any atom is 0.330 e. The Labute approximate surface area is 223 Å². The van der Waals surface area contributed by atoms with Crippen LogP contribution < -0.4 is 28.6 Å². The van der Waals surface area contributed by atoms with E-state index in [1.807, 2.05) is 9.97 Å². The van der Waals surface area contributed by atoms with E-state index < -0.39 is 91.6 Å². The minimum atomic E-state index is -4.31. The van der Waals surface area contributed by atoms with Gasteiger partial charge in [-0.15, -0.1) is 0 Å². The van der Waals surface area contributed by atoms with Gasteiger partial charge < -0.3 is 40.4 Å². The van der Waals surface area contributed by atoms with E-state index in [1.54, 1.807) is 0 Å². The first-order chi connectivity index (χ1) is 17.4. The van der Waals surface area contributed by atoms with E-state index in [-0.39, 0.29) is 13.6 Å². The number of hydrogen-bond acceptors (Lipinski definition) is 12. The van der Waals surface area contributed by atoms with Crippen LogP contribution in [0.15, 0.2) is 43.7 Å². The van der Waals surface area contributed by atoms with Crippen molar-refractivity contribution in [2.45, 2.75) is 56.6 Å². The highest BCUT2D eigenvalue weighted by atomic mass is 32.5. The zero-order valence-electron chi connectivity index (χ0n) is 19.5. The molecule has 0 spiro atoms. The second-order valence-corrected chi connectivity index (χ2v) is 10.9. The third-order valence-electron chi connectivity index (χ3n) is 5.69. The molecule has 0 aliphatic carbocycles. The van der Waals surface area contributed by atoms with Crippen LogP contribution in [0.3, 0.4) is 0 Å². The van der Waals surface area contributed by atoms with Crippen molar-refractivity contribution in [3.05, 3.63) is 66.2 Å². The maximum atomic E-state index is 15.2. The second-order valence-electron chi connectivity index (χ2n) is 8.11. The van der Waals surface area contributed by atoms with Crippen LogP contribution in [0.5, 0.6) is 0 Å². The number of nitrogens with one attached hydrogen (secondary N) is 2. The number of ether oxygens (including phenoxy) is 2. The Morgan fingerprint density at radius 2 is 1.49 bits per heavy atom. The van der Waals surface area contributed by atoms with Crippen LogP contribution in [0, 0.1) is 0 Å². The van der Waals surface area contributed by atoms with Gasteiger partial charge in [-0.2, -0.15) is 0 Å². The van der Waals surface area contributed by atoms with E-state index in [2.05, 4.69) is 0 Å². The van der Waals surface area contributed by atoms with E-state index in [9.17, 15) is 39.4 Å². The lowest BCUT2D eigenvalue weighted by Crippen LogP contribution is -2.37. The molecule has 39 heavy (non-hydrogen) atoms. The smallest absolute Gasteiger partial charge is 0.330 e. The van der Waals surface area contributed by atoms with Gasteiger partial charge in [0.25, 0.3) is 11.1 Å². The second kappa shape index (κ2) is 12.8. The van der Waals surface area contributed by atoms with E-state index in [4.69, 9.17) is 30.3 Å². The zero-order valence-corrected chi connectivity index (χ0v) is 21.2.